The van der Waals surface area contributed by atoms with E-state index in [1.54, 1.807) is 47.8 Å². The Hall–Kier alpha value is -4.31. The molecule has 0 unspecified atom stereocenters. The van der Waals surface area contributed by atoms with E-state index in [4.69, 9.17) is 4.74 Å². The molecule has 3 heterocycles. The molecule has 2 saturated heterocycles. The van der Waals surface area contributed by atoms with Crippen LogP contribution in [0.15, 0.2) is 67.1 Å². The first-order valence-electron chi connectivity index (χ1n) is 12.5. The number of amides is 4. The highest BCUT2D eigenvalue weighted by atomic mass is 16.5. The third kappa shape index (κ3) is 4.70. The molecular weight excluding hydrogens is 484 g/mol. The predicted molar refractivity (Wildman–Crippen MR) is 141 cm³/mol. The second-order valence-corrected chi connectivity index (χ2v) is 10.4. The van der Waals surface area contributed by atoms with Crippen molar-refractivity contribution in [2.75, 3.05) is 31.1 Å². The summed E-state index contributed by atoms with van der Waals surface area (Å²) < 4.78 is 6.01. The van der Waals surface area contributed by atoms with Crippen LogP contribution in [-0.2, 0) is 20.5 Å². The maximum Gasteiger partial charge on any atom is 0.328 e. The van der Waals surface area contributed by atoms with Crippen LogP contribution >= 0.6 is 0 Å². The van der Waals surface area contributed by atoms with Crippen molar-refractivity contribution in [2.45, 2.75) is 31.7 Å². The van der Waals surface area contributed by atoms with Gasteiger partial charge in [0.05, 0.1) is 6.20 Å². The summed E-state index contributed by atoms with van der Waals surface area (Å²) in [6.45, 7) is 8.30. The largest absolute Gasteiger partial charge is 0.457 e. The van der Waals surface area contributed by atoms with Crippen molar-refractivity contribution in [1.82, 2.24) is 25.5 Å². The fourth-order valence-electron chi connectivity index (χ4n) is 4.90. The maximum atomic E-state index is 13.4. The number of carbonyl (C=O) groups is 3. The van der Waals surface area contributed by atoms with Crippen LogP contribution in [0, 0.1) is 0 Å². The highest BCUT2D eigenvalue weighted by Crippen LogP contribution is 2.35. The number of carbonyl (C=O) groups excluding carboxylic acids is 3. The Morgan fingerprint density at radius 2 is 1.39 bits per heavy atom. The Kier molecular flexibility index (Phi) is 6.58. The second-order valence-electron chi connectivity index (χ2n) is 10.4. The minimum atomic E-state index is -1.70. The van der Waals surface area contributed by atoms with E-state index in [0.29, 0.717) is 43.2 Å². The normalized spacial score (nSPS) is 18.1. The van der Waals surface area contributed by atoms with Crippen LogP contribution in [0.2, 0.25) is 0 Å². The van der Waals surface area contributed by atoms with Gasteiger partial charge in [0.25, 0.3) is 11.8 Å². The molecule has 0 atom stereocenters. The molecular formula is C28H30N6O4. The zero-order valence-electron chi connectivity index (χ0n) is 21.6. The van der Waals surface area contributed by atoms with Crippen molar-refractivity contribution in [2.24, 2.45) is 0 Å². The van der Waals surface area contributed by atoms with E-state index in [1.165, 1.54) is 5.56 Å². The molecule has 10 heteroatoms. The number of nitrogens with zero attached hydrogens (tertiary/aromatic N) is 4. The molecule has 38 heavy (non-hydrogen) atoms. The van der Waals surface area contributed by atoms with Crippen LogP contribution in [-0.4, -0.2) is 58.9 Å². The van der Waals surface area contributed by atoms with Gasteiger partial charge in [0.15, 0.2) is 0 Å². The van der Waals surface area contributed by atoms with Gasteiger partial charge in [-0.3, -0.25) is 30.1 Å². The number of hydrogen-bond donors (Lipinski definition) is 2. The van der Waals surface area contributed by atoms with Crippen molar-refractivity contribution in [3.63, 3.8) is 0 Å². The number of barbiturate groups is 1. The molecule has 2 aliphatic heterocycles. The van der Waals surface area contributed by atoms with E-state index < -0.39 is 23.4 Å². The highest BCUT2D eigenvalue weighted by molar-refractivity contribution is 6.22. The van der Waals surface area contributed by atoms with E-state index in [0.717, 1.165) is 5.82 Å². The van der Waals surface area contributed by atoms with Crippen LogP contribution in [0.4, 0.5) is 10.6 Å². The lowest BCUT2D eigenvalue weighted by molar-refractivity contribution is -0.149. The summed E-state index contributed by atoms with van der Waals surface area (Å²) in [6.07, 6.45) is 4.91. The fourth-order valence-corrected chi connectivity index (χ4v) is 4.90. The number of piperazine rings is 1. The topological polar surface area (TPSA) is 117 Å². The highest BCUT2D eigenvalue weighted by Gasteiger charge is 2.56. The Morgan fingerprint density at radius 3 is 1.92 bits per heavy atom. The average Bonchev–Trinajstić information content (AvgIpc) is 2.90. The third-order valence-electron chi connectivity index (χ3n) is 6.97. The van der Waals surface area contributed by atoms with Crippen LogP contribution in [0.3, 0.4) is 0 Å². The lowest BCUT2D eigenvalue weighted by Gasteiger charge is -2.46. The number of ether oxygens (including phenoxy) is 1. The van der Waals surface area contributed by atoms with E-state index in [9.17, 15) is 14.4 Å². The Labute approximate surface area is 221 Å². The number of aromatic nitrogens is 2. The summed E-state index contributed by atoms with van der Waals surface area (Å²) in [5.41, 5.74) is -0.0134. The van der Waals surface area contributed by atoms with Gasteiger partial charge in [-0.05, 0) is 40.8 Å². The molecule has 0 bridgehead atoms. The van der Waals surface area contributed by atoms with Crippen molar-refractivity contribution in [3.8, 4) is 11.5 Å². The van der Waals surface area contributed by atoms with Gasteiger partial charge in [-0.15, -0.1) is 0 Å². The first-order chi connectivity index (χ1) is 18.2. The van der Waals surface area contributed by atoms with E-state index >= 15 is 0 Å². The van der Waals surface area contributed by atoms with Crippen LogP contribution in [0.25, 0.3) is 0 Å². The molecule has 2 N–H and O–H groups in total. The lowest BCUT2D eigenvalue weighted by atomic mass is 9.84. The lowest BCUT2D eigenvalue weighted by Crippen LogP contribution is -2.73. The number of anilines is 1. The number of benzene rings is 2. The first kappa shape index (κ1) is 25.3. The first-order valence-corrected chi connectivity index (χ1v) is 12.5. The molecule has 0 radical (unpaired) electrons. The summed E-state index contributed by atoms with van der Waals surface area (Å²) in [7, 11) is 0. The van der Waals surface area contributed by atoms with E-state index in [1.807, 2.05) is 29.2 Å². The zero-order chi connectivity index (χ0) is 26.9. The van der Waals surface area contributed by atoms with Crippen molar-refractivity contribution >= 4 is 23.7 Å². The summed E-state index contributed by atoms with van der Waals surface area (Å²) in [5, 5.41) is 4.58. The number of nitrogens with one attached hydrogen (secondary N) is 2. The molecule has 0 spiro atoms. The Bertz CT molecular complexity index is 1310. The third-order valence-corrected chi connectivity index (χ3v) is 6.97. The van der Waals surface area contributed by atoms with Crippen molar-refractivity contribution < 1.29 is 19.1 Å². The molecule has 2 aromatic carbocycles. The molecule has 0 saturated carbocycles. The quantitative estimate of drug-likeness (QED) is 0.499. The fraction of sp³-hybridized carbons (Fsp3) is 0.321. The van der Waals surface area contributed by atoms with Gasteiger partial charge in [0.1, 0.15) is 17.3 Å². The predicted octanol–water partition coefficient (Wildman–Crippen LogP) is 2.95. The minimum Gasteiger partial charge on any atom is -0.457 e. The van der Waals surface area contributed by atoms with Crippen LogP contribution in [0.1, 0.15) is 31.9 Å². The maximum absolute atomic E-state index is 13.4. The van der Waals surface area contributed by atoms with Crippen molar-refractivity contribution in [3.05, 3.63) is 78.2 Å². The van der Waals surface area contributed by atoms with Gasteiger partial charge in [-0.2, -0.15) is 0 Å². The van der Waals surface area contributed by atoms with Gasteiger partial charge < -0.3 is 9.64 Å². The smallest absolute Gasteiger partial charge is 0.328 e. The number of hydrogen-bond acceptors (Lipinski definition) is 8. The molecule has 2 aliphatic rings. The van der Waals surface area contributed by atoms with Gasteiger partial charge in [-0.1, -0.05) is 45.0 Å². The summed E-state index contributed by atoms with van der Waals surface area (Å²) >= 11 is 0. The number of rotatable bonds is 5. The van der Waals surface area contributed by atoms with E-state index in [2.05, 4.69) is 41.4 Å². The summed E-state index contributed by atoms with van der Waals surface area (Å²) in [6, 6.07) is 13.9. The van der Waals surface area contributed by atoms with Crippen molar-refractivity contribution in [1.29, 1.82) is 0 Å². The Morgan fingerprint density at radius 1 is 0.816 bits per heavy atom. The number of imide groups is 2. The Balaban J connectivity index is 1.40. The molecule has 1 aromatic heterocycles. The van der Waals surface area contributed by atoms with Crippen LogP contribution < -0.4 is 20.3 Å². The van der Waals surface area contributed by atoms with Gasteiger partial charge >= 0.3 is 6.03 Å². The molecule has 4 amide bonds. The minimum absolute atomic E-state index is 0.0387. The zero-order valence-corrected chi connectivity index (χ0v) is 21.6. The molecule has 0 aliphatic carbocycles. The van der Waals surface area contributed by atoms with Gasteiger partial charge in [-0.25, -0.2) is 9.78 Å². The molecule has 2 fully saturated rings. The summed E-state index contributed by atoms with van der Waals surface area (Å²) in [4.78, 5) is 51.0. The SMILES string of the molecule is CC(C)(C)c1ccc(Oc2ccc(C3(N4CCN(c5cnccn5)CC4)C(=O)NC(=O)NC3=O)cc2)cc1. The molecule has 3 aromatic rings. The molecule has 196 valence electrons. The average molecular weight is 515 g/mol. The molecule has 5 rings (SSSR count). The second kappa shape index (κ2) is 9.86. The van der Waals surface area contributed by atoms with Gasteiger partial charge in [0.2, 0.25) is 5.54 Å². The van der Waals surface area contributed by atoms with Gasteiger partial charge in [0, 0.05) is 38.6 Å². The molecule has 10 nitrogen and oxygen atoms in total. The standard InChI is InChI=1S/C28H30N6O4/c1-27(2,3)19-4-8-21(9-5-19)38-22-10-6-20(7-11-22)28(24(35)31-26(37)32-25(28)36)34-16-14-33(15-17-34)23-18-29-12-13-30-23/h4-13,18H,14-17H2,1-3H3,(H2,31,32,35,36,37). The number of urea groups is 1. The monoisotopic (exact) mass is 514 g/mol. The summed E-state index contributed by atoms with van der Waals surface area (Å²) in [5.74, 6) is 0.620. The van der Waals surface area contributed by atoms with Crippen LogP contribution in [0.5, 0.6) is 11.5 Å². The van der Waals surface area contributed by atoms with E-state index in [-0.39, 0.29) is 5.41 Å².